The molecule has 0 rings (SSSR count). The molecule has 0 heterocycles. The van der Waals surface area contributed by atoms with Gasteiger partial charge in [0.15, 0.2) is 0 Å². The molecule has 0 saturated carbocycles. The Balaban J connectivity index is 4.45. The van der Waals surface area contributed by atoms with Crippen molar-refractivity contribution in [3.63, 3.8) is 0 Å². The smallest absolute Gasteiger partial charge is 0.224 e. The van der Waals surface area contributed by atoms with Crippen LogP contribution in [0, 0.1) is 0 Å². The van der Waals surface area contributed by atoms with Gasteiger partial charge in [-0.3, -0.25) is 0 Å². The largest absolute Gasteiger partial charge is 0.519 e. The third kappa shape index (κ3) is 5.72. The molecule has 0 fully saturated rings. The zero-order valence-electron chi connectivity index (χ0n) is 10.2. The molecule has 8 heteroatoms. The van der Waals surface area contributed by atoms with Gasteiger partial charge in [-0.05, 0) is 0 Å². The van der Waals surface area contributed by atoms with E-state index in [1.54, 1.807) is 0 Å². The zero-order valence-corrected chi connectivity index (χ0v) is 12.7. The minimum atomic E-state index is -3.61. The summed E-state index contributed by atoms with van der Waals surface area (Å²) in [6, 6.07) is 0. The van der Waals surface area contributed by atoms with Crippen molar-refractivity contribution in [3.8, 4) is 0 Å². The van der Waals surface area contributed by atoms with E-state index < -0.39 is 7.82 Å². The molecule has 0 unspecified atom stereocenters. The van der Waals surface area contributed by atoms with Crippen molar-refractivity contribution >= 4 is 24.1 Å². The Morgan fingerprint density at radius 1 is 0.938 bits per heavy atom. The van der Waals surface area contributed by atoms with Crippen LogP contribution in [0.3, 0.4) is 0 Å². The SMILES string of the molecule is CCN(CC)OP(=O)(OBr)ON(CC)CC. The van der Waals surface area contributed by atoms with E-state index in [9.17, 15) is 4.57 Å². The van der Waals surface area contributed by atoms with Gasteiger partial charge < -0.3 is 0 Å². The van der Waals surface area contributed by atoms with Crippen LogP contribution in [-0.4, -0.2) is 36.3 Å². The molecule has 0 atom stereocenters. The topological polar surface area (TPSA) is 51.2 Å². The molecule has 0 spiro atoms. The standard InChI is InChI=1S/C8H20BrN2O4P/c1-5-10(6-2)14-16(12,13-9)15-11(7-3)8-4/h5-8H2,1-4H3. The van der Waals surface area contributed by atoms with Crippen molar-refractivity contribution < 1.29 is 17.4 Å². The summed E-state index contributed by atoms with van der Waals surface area (Å²) in [5, 5.41) is 3.01. The maximum absolute atomic E-state index is 12.0. The number of rotatable bonds is 9. The van der Waals surface area contributed by atoms with Crippen molar-refractivity contribution in [1.82, 2.24) is 10.1 Å². The summed E-state index contributed by atoms with van der Waals surface area (Å²) in [5.41, 5.74) is 0. The van der Waals surface area contributed by atoms with Crippen molar-refractivity contribution in [2.45, 2.75) is 27.7 Å². The molecule has 0 N–H and O–H groups in total. The fraction of sp³-hybridized carbons (Fsp3) is 1.00. The molecule has 0 radical (unpaired) electrons. The third-order valence-electron chi connectivity index (χ3n) is 1.93. The average molecular weight is 319 g/mol. The summed E-state index contributed by atoms with van der Waals surface area (Å²) < 4.78 is 27.0. The van der Waals surface area contributed by atoms with E-state index in [2.05, 4.69) is 19.9 Å². The molecule has 0 aliphatic rings. The summed E-state index contributed by atoms with van der Waals surface area (Å²) >= 11 is 2.68. The normalized spacial score (nSPS) is 12.7. The van der Waals surface area contributed by atoms with Crippen LogP contribution in [0.5, 0.6) is 0 Å². The summed E-state index contributed by atoms with van der Waals surface area (Å²) in [7, 11) is -3.61. The molecule has 0 aliphatic carbocycles. The molecular weight excluding hydrogens is 299 g/mol. The van der Waals surface area contributed by atoms with Crippen molar-refractivity contribution in [2.75, 3.05) is 26.2 Å². The average Bonchev–Trinajstić information content (AvgIpc) is 2.33. The predicted octanol–water partition coefficient (Wildman–Crippen LogP) is 2.97. The minimum Gasteiger partial charge on any atom is -0.224 e. The Morgan fingerprint density at radius 2 is 1.25 bits per heavy atom. The lowest BCUT2D eigenvalue weighted by atomic mass is 10.6. The van der Waals surface area contributed by atoms with E-state index in [0.717, 1.165) is 0 Å². The van der Waals surface area contributed by atoms with Crippen LogP contribution < -0.4 is 0 Å². The molecule has 16 heavy (non-hydrogen) atoms. The van der Waals surface area contributed by atoms with Gasteiger partial charge in [0, 0.05) is 26.2 Å². The molecule has 0 aromatic heterocycles. The van der Waals surface area contributed by atoms with Gasteiger partial charge in [-0.25, -0.2) is 8.18 Å². The van der Waals surface area contributed by atoms with Crippen LogP contribution in [0.2, 0.25) is 0 Å². The van der Waals surface area contributed by atoms with Crippen LogP contribution in [0.15, 0.2) is 0 Å². The Kier molecular flexibility index (Phi) is 8.85. The summed E-state index contributed by atoms with van der Waals surface area (Å²) in [5.74, 6) is 0. The van der Waals surface area contributed by atoms with Crippen LogP contribution in [0.25, 0.3) is 0 Å². The van der Waals surface area contributed by atoms with Gasteiger partial charge in [-0.2, -0.15) is 19.4 Å². The van der Waals surface area contributed by atoms with E-state index in [4.69, 9.17) is 9.25 Å². The second-order valence-electron chi connectivity index (χ2n) is 2.91. The van der Waals surface area contributed by atoms with Gasteiger partial charge in [-0.1, -0.05) is 27.7 Å². The molecule has 0 aromatic rings. The monoisotopic (exact) mass is 318 g/mol. The Labute approximate surface area is 106 Å². The molecule has 0 aliphatic heterocycles. The maximum Gasteiger partial charge on any atom is 0.519 e. The number of halogens is 1. The Bertz CT molecular complexity index is 206. The fourth-order valence-corrected chi connectivity index (χ4v) is 2.43. The van der Waals surface area contributed by atoms with E-state index in [0.29, 0.717) is 26.2 Å². The zero-order chi connectivity index (χ0) is 12.6. The predicted molar refractivity (Wildman–Crippen MR) is 65.6 cm³/mol. The number of nitrogens with zero attached hydrogens (tertiary/aromatic N) is 2. The number of hydrogen-bond donors (Lipinski definition) is 0. The highest BCUT2D eigenvalue weighted by molar-refractivity contribution is 9.06. The molecule has 6 nitrogen and oxygen atoms in total. The lowest BCUT2D eigenvalue weighted by Gasteiger charge is -2.25. The highest BCUT2D eigenvalue weighted by Crippen LogP contribution is 2.52. The highest BCUT2D eigenvalue weighted by Gasteiger charge is 2.32. The first-order valence-corrected chi connectivity index (χ1v) is 7.45. The lowest BCUT2D eigenvalue weighted by Crippen LogP contribution is -2.27. The van der Waals surface area contributed by atoms with Crippen LogP contribution in [0.1, 0.15) is 27.7 Å². The molecule has 0 aromatic carbocycles. The van der Waals surface area contributed by atoms with Gasteiger partial charge in [0.05, 0.1) is 0 Å². The molecule has 0 amide bonds. The first-order valence-electron chi connectivity index (χ1n) is 5.34. The molecular formula is C8H20BrN2O4P. The van der Waals surface area contributed by atoms with E-state index in [-0.39, 0.29) is 0 Å². The maximum atomic E-state index is 12.0. The highest BCUT2D eigenvalue weighted by atomic mass is 79.9. The van der Waals surface area contributed by atoms with Crippen molar-refractivity contribution in [1.29, 1.82) is 0 Å². The Morgan fingerprint density at radius 3 is 1.44 bits per heavy atom. The van der Waals surface area contributed by atoms with Crippen molar-refractivity contribution in [3.05, 3.63) is 0 Å². The van der Waals surface area contributed by atoms with E-state index >= 15 is 0 Å². The first kappa shape index (κ1) is 16.5. The number of hydrogen-bond acceptors (Lipinski definition) is 6. The quantitative estimate of drug-likeness (QED) is 0.481. The second kappa shape index (κ2) is 8.58. The van der Waals surface area contributed by atoms with Crippen LogP contribution >= 0.6 is 24.1 Å². The van der Waals surface area contributed by atoms with Gasteiger partial charge >= 0.3 is 7.82 Å². The van der Waals surface area contributed by atoms with E-state index in [1.807, 2.05) is 27.7 Å². The van der Waals surface area contributed by atoms with Crippen LogP contribution in [-0.2, 0) is 17.4 Å². The number of hydroxylamine groups is 4. The van der Waals surface area contributed by atoms with Gasteiger partial charge in [0.25, 0.3) is 0 Å². The van der Waals surface area contributed by atoms with Crippen molar-refractivity contribution in [2.24, 2.45) is 0 Å². The molecule has 0 saturated heterocycles. The lowest BCUT2D eigenvalue weighted by molar-refractivity contribution is -0.129. The first-order chi connectivity index (χ1) is 7.55. The van der Waals surface area contributed by atoms with Gasteiger partial charge in [0.2, 0.25) is 0 Å². The second-order valence-corrected chi connectivity index (χ2v) is 5.14. The van der Waals surface area contributed by atoms with Gasteiger partial charge in [-0.15, -0.1) is 0 Å². The van der Waals surface area contributed by atoms with Crippen LogP contribution in [0.4, 0.5) is 0 Å². The summed E-state index contributed by atoms with van der Waals surface area (Å²) in [4.78, 5) is 0. The molecule has 0 bridgehead atoms. The summed E-state index contributed by atoms with van der Waals surface area (Å²) in [6.07, 6.45) is 0. The van der Waals surface area contributed by atoms with Gasteiger partial charge in [0.1, 0.15) is 16.3 Å². The Hall–Kier alpha value is 0.510. The molecule has 98 valence electrons. The fourth-order valence-electron chi connectivity index (χ4n) is 1.00. The minimum absolute atomic E-state index is 0.596. The van der Waals surface area contributed by atoms with E-state index in [1.165, 1.54) is 10.1 Å². The summed E-state index contributed by atoms with van der Waals surface area (Å²) in [6.45, 7) is 9.94. The number of phosphoric acid groups is 1. The third-order valence-corrected chi connectivity index (χ3v) is 4.02.